The molecule has 12 nitrogen and oxygen atoms in total. The van der Waals surface area contributed by atoms with Crippen molar-refractivity contribution < 1.29 is 55.2 Å². The Morgan fingerprint density at radius 1 is 0.583 bits per heavy atom. The first-order valence-electron chi connectivity index (χ1n) is 20.1. The Morgan fingerprint density at radius 3 is 1.70 bits per heavy atom. The van der Waals surface area contributed by atoms with Crippen LogP contribution < -0.4 is 0 Å². The summed E-state index contributed by atoms with van der Waals surface area (Å²) in [6, 6.07) is 45.5. The summed E-state index contributed by atoms with van der Waals surface area (Å²) in [5, 5.41) is 0. The fraction of sp³-hybridized carbons (Fsp3) is 0.362. The number of methoxy groups -OCH3 is 1. The molecule has 0 aromatic heterocycles. The molecule has 1 unspecified atom stereocenters. The van der Waals surface area contributed by atoms with E-state index in [9.17, 15) is 8.42 Å². The van der Waals surface area contributed by atoms with Crippen LogP contribution in [0, 0.1) is 6.92 Å². The minimum absolute atomic E-state index is 0.0648. The maximum atomic E-state index is 13.6. The Bertz CT molecular complexity index is 2180. The Morgan fingerprint density at radius 2 is 1.12 bits per heavy atom. The summed E-state index contributed by atoms with van der Waals surface area (Å²) >= 11 is 0. The highest BCUT2D eigenvalue weighted by atomic mass is 32.2. The Balaban J connectivity index is 1.12. The molecule has 3 aliphatic rings. The summed E-state index contributed by atoms with van der Waals surface area (Å²) in [6.45, 7) is 2.16. The van der Waals surface area contributed by atoms with Crippen LogP contribution in [-0.4, -0.2) is 84.0 Å². The van der Waals surface area contributed by atoms with Crippen LogP contribution in [0.1, 0.15) is 34.1 Å². The molecule has 0 aliphatic carbocycles. The fourth-order valence-electron chi connectivity index (χ4n) is 7.67. The molecule has 0 spiro atoms. The van der Waals surface area contributed by atoms with Gasteiger partial charge in [0.05, 0.1) is 37.9 Å². The Kier molecular flexibility index (Phi) is 14.1. The molecule has 5 aromatic rings. The van der Waals surface area contributed by atoms with E-state index in [4.69, 9.17) is 46.8 Å². The van der Waals surface area contributed by atoms with Crippen molar-refractivity contribution in [2.75, 3.05) is 20.3 Å². The van der Waals surface area contributed by atoms with Crippen molar-refractivity contribution in [2.24, 2.45) is 0 Å². The molecule has 316 valence electrons. The van der Waals surface area contributed by atoms with Crippen molar-refractivity contribution in [3.63, 3.8) is 0 Å². The summed E-state index contributed by atoms with van der Waals surface area (Å²) in [7, 11) is -2.66. The maximum absolute atomic E-state index is 13.6. The van der Waals surface area contributed by atoms with E-state index in [-0.39, 0.29) is 37.9 Å². The van der Waals surface area contributed by atoms with Gasteiger partial charge in [-0.25, -0.2) is 0 Å². The topological polar surface area (TPSA) is 126 Å². The third-order valence-corrected chi connectivity index (χ3v) is 12.2. The minimum atomic E-state index is -4.19. The first kappa shape index (κ1) is 42.3. The monoisotopic (exact) mass is 838 g/mol. The maximum Gasteiger partial charge on any atom is 0.297 e. The zero-order valence-electron chi connectivity index (χ0n) is 33.5. The molecular formula is C47H50O12S. The van der Waals surface area contributed by atoms with Gasteiger partial charge in [-0.3, -0.25) is 4.18 Å². The predicted octanol–water partition coefficient (Wildman–Crippen LogP) is 7.05. The number of benzene rings is 5. The number of ether oxygens (including phenoxy) is 9. The first-order valence-corrected chi connectivity index (χ1v) is 21.5. The molecule has 10 atom stereocenters. The fourth-order valence-corrected chi connectivity index (χ4v) is 8.82. The van der Waals surface area contributed by atoms with Gasteiger partial charge >= 0.3 is 0 Å². The summed E-state index contributed by atoms with van der Waals surface area (Å²) < 4.78 is 91.9. The van der Waals surface area contributed by atoms with E-state index in [2.05, 4.69) is 0 Å². The van der Waals surface area contributed by atoms with Gasteiger partial charge in [0.15, 0.2) is 18.9 Å². The quantitative estimate of drug-likeness (QED) is 0.0891. The molecule has 5 aromatic carbocycles. The predicted molar refractivity (Wildman–Crippen MR) is 219 cm³/mol. The molecule has 13 heteroatoms. The zero-order valence-corrected chi connectivity index (χ0v) is 34.3. The van der Waals surface area contributed by atoms with Gasteiger partial charge in [0.2, 0.25) is 0 Å². The average Bonchev–Trinajstić information content (AvgIpc) is 3.62. The second-order valence-corrected chi connectivity index (χ2v) is 16.5. The first-order chi connectivity index (χ1) is 29.4. The van der Waals surface area contributed by atoms with Gasteiger partial charge in [-0.15, -0.1) is 0 Å². The molecular weight excluding hydrogens is 789 g/mol. The number of hydrogen-bond acceptors (Lipinski definition) is 12. The lowest BCUT2D eigenvalue weighted by molar-refractivity contribution is -0.382. The van der Waals surface area contributed by atoms with Gasteiger partial charge in [0.25, 0.3) is 10.1 Å². The molecule has 0 bridgehead atoms. The van der Waals surface area contributed by atoms with Crippen LogP contribution in [-0.2, 0) is 76.8 Å². The third kappa shape index (κ3) is 10.2. The number of fused-ring (bicyclic) bond motifs is 1. The lowest BCUT2D eigenvalue weighted by Crippen LogP contribution is -2.64. The van der Waals surface area contributed by atoms with E-state index in [0.717, 1.165) is 22.3 Å². The van der Waals surface area contributed by atoms with Crippen molar-refractivity contribution in [2.45, 2.75) is 93.2 Å². The molecule has 0 amide bonds. The summed E-state index contributed by atoms with van der Waals surface area (Å²) in [6.07, 6.45) is -8.38. The SMILES string of the molecule is CO[C@H]1O[C@@H]2COC(c3ccccc3)O[C@H]2[C@H](OCc2ccccc2)[C@@H]1O[C@@H]1O[C@@H](COS(=O)(=O)c2ccccc2C)[C@@H](OCc2ccccc2)[C@@H]1OCc1ccccc1. The standard InChI is InChI=1S/C47H50O12S/c1-32-17-15-16-26-39(32)60(48,49)55-31-38-40(51-27-33-18-7-3-8-19-33)43(53-29-35-22-11-5-12-23-35)47(57-38)59-44-42(52-28-34-20-9-4-10-21-34)41-37(56-46(44)50-2)30-54-45(58-41)36-24-13-6-14-25-36/h3-26,37-38,40-47H,27-31H2,1-2H3/t37-,38+,40-,41-,42+,43+,44+,45?,46+,47+/m1/s1. The van der Waals surface area contributed by atoms with Gasteiger partial charge in [-0.05, 0) is 35.2 Å². The van der Waals surface area contributed by atoms with Gasteiger partial charge in [0, 0.05) is 12.7 Å². The van der Waals surface area contributed by atoms with Crippen molar-refractivity contribution in [1.82, 2.24) is 0 Å². The van der Waals surface area contributed by atoms with E-state index in [1.54, 1.807) is 25.1 Å². The molecule has 3 saturated heterocycles. The van der Waals surface area contributed by atoms with E-state index >= 15 is 0 Å². The largest absolute Gasteiger partial charge is 0.368 e. The van der Waals surface area contributed by atoms with Crippen LogP contribution in [0.2, 0.25) is 0 Å². The highest BCUT2D eigenvalue weighted by molar-refractivity contribution is 7.86. The van der Waals surface area contributed by atoms with E-state index in [0.29, 0.717) is 5.56 Å². The second kappa shape index (κ2) is 20.0. The minimum Gasteiger partial charge on any atom is -0.368 e. The van der Waals surface area contributed by atoms with Crippen LogP contribution in [0.3, 0.4) is 0 Å². The average molecular weight is 839 g/mol. The van der Waals surface area contributed by atoms with Crippen molar-refractivity contribution >= 4 is 10.1 Å². The summed E-state index contributed by atoms with van der Waals surface area (Å²) in [5.41, 5.74) is 4.16. The third-order valence-electron chi connectivity index (χ3n) is 10.8. The normalized spacial score (nSPS) is 28.0. The van der Waals surface area contributed by atoms with Gasteiger partial charge in [-0.2, -0.15) is 8.42 Å². The highest BCUT2D eigenvalue weighted by Crippen LogP contribution is 2.39. The Hall–Kier alpha value is -4.35. The lowest BCUT2D eigenvalue weighted by atomic mass is 9.97. The van der Waals surface area contributed by atoms with Gasteiger partial charge < -0.3 is 42.6 Å². The van der Waals surface area contributed by atoms with Crippen molar-refractivity contribution in [3.05, 3.63) is 173 Å². The molecule has 0 radical (unpaired) electrons. The van der Waals surface area contributed by atoms with E-state index in [1.165, 1.54) is 13.2 Å². The van der Waals surface area contributed by atoms with Crippen LogP contribution >= 0.6 is 0 Å². The molecule has 3 fully saturated rings. The van der Waals surface area contributed by atoms with E-state index in [1.807, 2.05) is 121 Å². The molecule has 3 heterocycles. The molecule has 0 N–H and O–H groups in total. The van der Waals surface area contributed by atoms with Crippen LogP contribution in [0.15, 0.2) is 150 Å². The van der Waals surface area contributed by atoms with Crippen molar-refractivity contribution in [1.29, 1.82) is 0 Å². The zero-order chi connectivity index (χ0) is 41.3. The van der Waals surface area contributed by atoms with Crippen LogP contribution in [0.4, 0.5) is 0 Å². The molecule has 8 rings (SSSR count). The van der Waals surface area contributed by atoms with Crippen LogP contribution in [0.25, 0.3) is 0 Å². The summed E-state index contributed by atoms with van der Waals surface area (Å²) in [4.78, 5) is 0.0648. The van der Waals surface area contributed by atoms with E-state index < -0.39 is 71.7 Å². The van der Waals surface area contributed by atoms with Crippen molar-refractivity contribution in [3.8, 4) is 0 Å². The van der Waals surface area contributed by atoms with Gasteiger partial charge in [-0.1, -0.05) is 140 Å². The Labute approximate surface area is 351 Å². The lowest BCUT2D eigenvalue weighted by Gasteiger charge is -2.49. The number of aryl methyl sites for hydroxylation is 1. The summed E-state index contributed by atoms with van der Waals surface area (Å²) in [5.74, 6) is 0. The highest BCUT2D eigenvalue weighted by Gasteiger charge is 2.55. The number of hydrogen-bond donors (Lipinski definition) is 0. The van der Waals surface area contributed by atoms with Crippen LogP contribution in [0.5, 0.6) is 0 Å². The smallest absolute Gasteiger partial charge is 0.297 e. The number of rotatable bonds is 17. The van der Waals surface area contributed by atoms with Gasteiger partial charge in [0.1, 0.15) is 42.7 Å². The molecule has 60 heavy (non-hydrogen) atoms. The molecule has 0 saturated carbocycles. The second-order valence-electron chi connectivity index (χ2n) is 14.9. The molecule has 3 aliphatic heterocycles.